The normalized spacial score (nSPS) is 16.2. The average molecular weight is 232 g/mol. The van der Waals surface area contributed by atoms with Gasteiger partial charge >= 0.3 is 6.03 Å². The molecule has 0 bridgehead atoms. The van der Waals surface area contributed by atoms with Crippen molar-refractivity contribution >= 4 is 11.7 Å². The second-order valence-corrected chi connectivity index (χ2v) is 4.06. The second kappa shape index (κ2) is 5.45. The SMILES string of the molecule is CC1=CCCN(NC(=O)Nc2ccncc2)C1. The molecule has 1 aromatic heterocycles. The molecule has 0 unspecified atom stereocenters. The quantitative estimate of drug-likeness (QED) is 0.764. The average Bonchev–Trinajstić information content (AvgIpc) is 2.30. The van der Waals surface area contributed by atoms with Crippen LogP contribution < -0.4 is 10.7 Å². The molecule has 5 heteroatoms. The third kappa shape index (κ3) is 3.57. The van der Waals surface area contributed by atoms with Crippen molar-refractivity contribution in [1.82, 2.24) is 15.4 Å². The van der Waals surface area contributed by atoms with Gasteiger partial charge in [0.1, 0.15) is 0 Å². The zero-order chi connectivity index (χ0) is 12.1. The lowest BCUT2D eigenvalue weighted by molar-refractivity contribution is 0.192. The Bertz CT molecular complexity index is 416. The lowest BCUT2D eigenvalue weighted by Crippen LogP contribution is -2.46. The highest BCUT2D eigenvalue weighted by Gasteiger charge is 2.12. The fraction of sp³-hybridized carbons (Fsp3) is 0.333. The van der Waals surface area contributed by atoms with E-state index in [1.165, 1.54) is 5.57 Å². The fourth-order valence-electron chi connectivity index (χ4n) is 1.74. The van der Waals surface area contributed by atoms with Crippen LogP contribution in [0.5, 0.6) is 0 Å². The lowest BCUT2D eigenvalue weighted by atomic mass is 10.2. The maximum Gasteiger partial charge on any atom is 0.333 e. The summed E-state index contributed by atoms with van der Waals surface area (Å²) in [5, 5.41) is 4.66. The van der Waals surface area contributed by atoms with E-state index in [2.05, 4.69) is 28.7 Å². The summed E-state index contributed by atoms with van der Waals surface area (Å²) >= 11 is 0. The van der Waals surface area contributed by atoms with Crippen LogP contribution in [0.1, 0.15) is 13.3 Å². The van der Waals surface area contributed by atoms with Crippen LogP contribution >= 0.6 is 0 Å². The lowest BCUT2D eigenvalue weighted by Gasteiger charge is -2.26. The number of urea groups is 1. The van der Waals surface area contributed by atoms with E-state index in [4.69, 9.17) is 0 Å². The number of aromatic nitrogens is 1. The standard InChI is InChI=1S/C12H16N4O/c1-10-3-2-8-16(9-10)15-12(17)14-11-4-6-13-7-5-11/h3-7H,2,8-9H2,1H3,(H2,13,14,15,17). The van der Waals surface area contributed by atoms with E-state index in [9.17, 15) is 4.79 Å². The number of amides is 2. The molecule has 0 atom stereocenters. The third-order valence-electron chi connectivity index (χ3n) is 2.53. The first kappa shape index (κ1) is 11.6. The van der Waals surface area contributed by atoms with Crippen LogP contribution in [0.15, 0.2) is 36.2 Å². The zero-order valence-electron chi connectivity index (χ0n) is 9.81. The summed E-state index contributed by atoms with van der Waals surface area (Å²) in [7, 11) is 0. The molecule has 90 valence electrons. The maximum atomic E-state index is 11.7. The molecule has 1 aromatic rings. The Morgan fingerprint density at radius 2 is 2.18 bits per heavy atom. The van der Waals surface area contributed by atoms with Gasteiger partial charge in [-0.05, 0) is 25.5 Å². The number of carbonyl (C=O) groups is 1. The Morgan fingerprint density at radius 1 is 1.41 bits per heavy atom. The first-order valence-corrected chi connectivity index (χ1v) is 5.62. The molecule has 0 spiro atoms. The molecule has 2 N–H and O–H groups in total. The van der Waals surface area contributed by atoms with Crippen molar-refractivity contribution in [2.75, 3.05) is 18.4 Å². The van der Waals surface area contributed by atoms with Crippen molar-refractivity contribution in [3.05, 3.63) is 36.2 Å². The van der Waals surface area contributed by atoms with E-state index >= 15 is 0 Å². The molecular formula is C12H16N4O. The summed E-state index contributed by atoms with van der Waals surface area (Å²) in [6.45, 7) is 3.69. The van der Waals surface area contributed by atoms with Crippen molar-refractivity contribution in [3.63, 3.8) is 0 Å². The van der Waals surface area contributed by atoms with Gasteiger partial charge in [0.2, 0.25) is 0 Å². The van der Waals surface area contributed by atoms with Gasteiger partial charge in [0.25, 0.3) is 0 Å². The van der Waals surface area contributed by atoms with Crippen molar-refractivity contribution in [2.24, 2.45) is 0 Å². The molecule has 5 nitrogen and oxygen atoms in total. The first-order chi connectivity index (χ1) is 8.24. The summed E-state index contributed by atoms with van der Waals surface area (Å²) in [5.74, 6) is 0. The van der Waals surface area contributed by atoms with Gasteiger partial charge in [-0.1, -0.05) is 11.6 Å². The summed E-state index contributed by atoms with van der Waals surface area (Å²) < 4.78 is 0. The number of pyridine rings is 1. The van der Waals surface area contributed by atoms with Crippen LogP contribution in [-0.2, 0) is 0 Å². The Balaban J connectivity index is 1.84. The summed E-state index contributed by atoms with van der Waals surface area (Å²) in [4.78, 5) is 15.6. The molecule has 0 fully saturated rings. The Morgan fingerprint density at radius 3 is 2.88 bits per heavy atom. The molecule has 0 aromatic carbocycles. The van der Waals surface area contributed by atoms with E-state index in [1.807, 2.05) is 5.01 Å². The molecule has 0 aliphatic carbocycles. The number of nitrogens with zero attached hydrogens (tertiary/aromatic N) is 2. The number of hydrogen-bond donors (Lipinski definition) is 2. The van der Waals surface area contributed by atoms with Crippen LogP contribution in [0, 0.1) is 0 Å². The van der Waals surface area contributed by atoms with Gasteiger partial charge in [-0.3, -0.25) is 10.4 Å². The van der Waals surface area contributed by atoms with Crippen LogP contribution in [0.2, 0.25) is 0 Å². The van der Waals surface area contributed by atoms with Crippen molar-refractivity contribution in [3.8, 4) is 0 Å². The van der Waals surface area contributed by atoms with Crippen molar-refractivity contribution < 1.29 is 4.79 Å². The van der Waals surface area contributed by atoms with Gasteiger partial charge < -0.3 is 5.32 Å². The van der Waals surface area contributed by atoms with Crippen LogP contribution in [0.4, 0.5) is 10.5 Å². The van der Waals surface area contributed by atoms with Crippen LogP contribution in [0.3, 0.4) is 0 Å². The topological polar surface area (TPSA) is 57.3 Å². The molecule has 0 saturated carbocycles. The van der Waals surface area contributed by atoms with Crippen LogP contribution in [0.25, 0.3) is 0 Å². The molecule has 1 aliphatic heterocycles. The molecule has 2 heterocycles. The van der Waals surface area contributed by atoms with Gasteiger partial charge in [0.05, 0.1) is 0 Å². The van der Waals surface area contributed by atoms with E-state index in [-0.39, 0.29) is 6.03 Å². The molecule has 17 heavy (non-hydrogen) atoms. The maximum absolute atomic E-state index is 11.7. The number of nitrogens with one attached hydrogen (secondary N) is 2. The summed E-state index contributed by atoms with van der Waals surface area (Å²) in [6, 6.07) is 3.29. The van der Waals surface area contributed by atoms with Gasteiger partial charge in [-0.2, -0.15) is 0 Å². The minimum Gasteiger partial charge on any atom is -0.307 e. The third-order valence-corrected chi connectivity index (χ3v) is 2.53. The van der Waals surface area contributed by atoms with Gasteiger partial charge in [-0.25, -0.2) is 9.80 Å². The number of anilines is 1. The predicted octanol–water partition coefficient (Wildman–Crippen LogP) is 1.77. The van der Waals surface area contributed by atoms with E-state index in [0.29, 0.717) is 0 Å². The Kier molecular flexibility index (Phi) is 3.72. The summed E-state index contributed by atoms with van der Waals surface area (Å²) in [6.07, 6.45) is 6.45. The van der Waals surface area contributed by atoms with E-state index < -0.39 is 0 Å². The van der Waals surface area contributed by atoms with Crippen molar-refractivity contribution in [2.45, 2.75) is 13.3 Å². The predicted molar refractivity (Wildman–Crippen MR) is 66.3 cm³/mol. The largest absolute Gasteiger partial charge is 0.333 e. The highest BCUT2D eigenvalue weighted by Crippen LogP contribution is 2.07. The molecule has 2 amide bonds. The molecule has 0 radical (unpaired) electrons. The number of hydrogen-bond acceptors (Lipinski definition) is 3. The number of rotatable bonds is 2. The highest BCUT2D eigenvalue weighted by molar-refractivity contribution is 5.88. The van der Waals surface area contributed by atoms with Gasteiger partial charge in [-0.15, -0.1) is 0 Å². The van der Waals surface area contributed by atoms with Gasteiger partial charge in [0.15, 0.2) is 0 Å². The summed E-state index contributed by atoms with van der Waals surface area (Å²) in [5.41, 5.74) is 4.84. The fourth-order valence-corrected chi connectivity index (χ4v) is 1.74. The number of hydrazine groups is 1. The minimum atomic E-state index is -0.217. The molecule has 2 rings (SSSR count). The second-order valence-electron chi connectivity index (χ2n) is 4.06. The monoisotopic (exact) mass is 232 g/mol. The molecule has 0 saturated heterocycles. The first-order valence-electron chi connectivity index (χ1n) is 5.62. The van der Waals surface area contributed by atoms with Crippen molar-refractivity contribution in [1.29, 1.82) is 0 Å². The number of carbonyl (C=O) groups excluding carboxylic acids is 1. The Hall–Kier alpha value is -1.88. The minimum absolute atomic E-state index is 0.217. The van der Waals surface area contributed by atoms with E-state index in [1.54, 1.807) is 24.5 Å². The van der Waals surface area contributed by atoms with E-state index in [0.717, 1.165) is 25.2 Å². The van der Waals surface area contributed by atoms with Crippen LogP contribution in [-0.4, -0.2) is 29.1 Å². The zero-order valence-corrected chi connectivity index (χ0v) is 9.81. The Labute approximate surface area is 101 Å². The smallest absolute Gasteiger partial charge is 0.307 e. The molecular weight excluding hydrogens is 216 g/mol. The van der Waals surface area contributed by atoms with Gasteiger partial charge in [0, 0.05) is 31.2 Å². The highest BCUT2D eigenvalue weighted by atomic mass is 16.2. The molecule has 1 aliphatic rings.